The molecule has 3 rings (SSSR count). The van der Waals surface area contributed by atoms with E-state index in [0.29, 0.717) is 5.65 Å². The summed E-state index contributed by atoms with van der Waals surface area (Å²) in [5.74, 6) is -0.725. The van der Waals surface area contributed by atoms with Crippen molar-refractivity contribution in [2.45, 2.75) is 25.9 Å². The molecule has 0 aromatic carbocycles. The van der Waals surface area contributed by atoms with Crippen molar-refractivity contribution in [2.24, 2.45) is 0 Å². The fraction of sp³-hybridized carbons (Fsp3) is 0.375. The third kappa shape index (κ3) is 3.74. The molecule has 138 valence electrons. The van der Waals surface area contributed by atoms with Crippen molar-refractivity contribution < 1.29 is 18.0 Å². The largest absolute Gasteiger partial charge is 0.326 e. The first kappa shape index (κ1) is 18.1. The zero-order valence-corrected chi connectivity index (χ0v) is 15.1. The number of hydrogen-bond donors (Lipinski definition) is 1. The van der Waals surface area contributed by atoms with E-state index in [1.54, 1.807) is 18.3 Å². The Labute approximate surface area is 149 Å². The topological polar surface area (TPSA) is 118 Å². The highest BCUT2D eigenvalue weighted by Crippen LogP contribution is 2.14. The van der Waals surface area contributed by atoms with Crippen molar-refractivity contribution in [1.82, 2.24) is 19.6 Å². The first-order valence-electron chi connectivity index (χ1n) is 7.92. The van der Waals surface area contributed by atoms with Crippen LogP contribution in [0.3, 0.4) is 0 Å². The maximum Gasteiger partial charge on any atom is 0.325 e. The standard InChI is InChI=1S/C16H18N4O5S/c1-10-3-5-19-13(7-10)17-11(8-14(19)21)9-20-15(22)12(18-16(20)23)4-6-26(2,24)25/h3,5,7-8,12H,4,6,9H2,1-2H3,(H,18,23)/t12-/m0/s1. The van der Waals surface area contributed by atoms with Crippen molar-refractivity contribution in [1.29, 1.82) is 0 Å². The van der Waals surface area contributed by atoms with Gasteiger partial charge in [-0.1, -0.05) is 0 Å². The Balaban J connectivity index is 1.82. The third-order valence-electron chi connectivity index (χ3n) is 4.08. The Bertz CT molecular complexity index is 1060. The number of pyridine rings is 1. The number of carbonyl (C=O) groups is 2. The molecule has 1 saturated heterocycles. The van der Waals surface area contributed by atoms with Crippen LogP contribution in [0.2, 0.25) is 0 Å². The van der Waals surface area contributed by atoms with Crippen LogP contribution in [0.5, 0.6) is 0 Å². The highest BCUT2D eigenvalue weighted by atomic mass is 32.2. The molecule has 3 amide bonds. The second-order valence-corrected chi connectivity index (χ2v) is 8.62. The van der Waals surface area contributed by atoms with Crippen LogP contribution in [-0.2, 0) is 21.2 Å². The molecular weight excluding hydrogens is 360 g/mol. The van der Waals surface area contributed by atoms with Crippen LogP contribution in [0.1, 0.15) is 17.7 Å². The molecule has 0 saturated carbocycles. The number of hydrogen-bond acceptors (Lipinski definition) is 6. The quantitative estimate of drug-likeness (QED) is 0.724. The molecule has 1 fully saturated rings. The maximum atomic E-state index is 12.4. The monoisotopic (exact) mass is 378 g/mol. The lowest BCUT2D eigenvalue weighted by Crippen LogP contribution is -2.32. The molecule has 1 atom stereocenters. The van der Waals surface area contributed by atoms with Crippen molar-refractivity contribution >= 4 is 27.4 Å². The number of nitrogens with one attached hydrogen (secondary N) is 1. The summed E-state index contributed by atoms with van der Waals surface area (Å²) in [5.41, 5.74) is 1.32. The van der Waals surface area contributed by atoms with E-state index < -0.39 is 27.8 Å². The van der Waals surface area contributed by atoms with Crippen molar-refractivity contribution in [3.63, 3.8) is 0 Å². The summed E-state index contributed by atoms with van der Waals surface area (Å²) in [5, 5.41) is 2.47. The van der Waals surface area contributed by atoms with Crippen LogP contribution >= 0.6 is 0 Å². The lowest BCUT2D eigenvalue weighted by molar-refractivity contribution is -0.127. The smallest absolute Gasteiger partial charge is 0.325 e. The van der Waals surface area contributed by atoms with Crippen LogP contribution in [0, 0.1) is 6.92 Å². The second kappa shape index (κ2) is 6.52. The molecule has 2 aromatic rings. The normalized spacial score (nSPS) is 17.8. The van der Waals surface area contributed by atoms with E-state index in [2.05, 4.69) is 10.3 Å². The van der Waals surface area contributed by atoms with Crippen molar-refractivity contribution in [2.75, 3.05) is 12.0 Å². The average Bonchev–Trinajstić information content (AvgIpc) is 2.79. The van der Waals surface area contributed by atoms with Gasteiger partial charge in [-0.15, -0.1) is 0 Å². The minimum atomic E-state index is -3.24. The van der Waals surface area contributed by atoms with Gasteiger partial charge in [0.15, 0.2) is 0 Å². The minimum Gasteiger partial charge on any atom is -0.326 e. The number of rotatable bonds is 5. The van der Waals surface area contributed by atoms with Gasteiger partial charge in [0.2, 0.25) is 0 Å². The molecule has 0 radical (unpaired) electrons. The Morgan fingerprint density at radius 2 is 1.96 bits per heavy atom. The van der Waals surface area contributed by atoms with Gasteiger partial charge in [-0.05, 0) is 31.0 Å². The average molecular weight is 378 g/mol. The molecule has 0 unspecified atom stereocenters. The molecule has 10 heteroatoms. The Hall–Kier alpha value is -2.75. The van der Waals surface area contributed by atoms with Gasteiger partial charge in [0.05, 0.1) is 18.0 Å². The number of aryl methyl sites for hydroxylation is 1. The van der Waals surface area contributed by atoms with Crippen molar-refractivity contribution in [3.05, 3.63) is 46.0 Å². The van der Waals surface area contributed by atoms with E-state index in [1.165, 1.54) is 10.5 Å². The molecular formula is C16H18N4O5S. The van der Waals surface area contributed by atoms with Crippen LogP contribution < -0.4 is 10.9 Å². The van der Waals surface area contributed by atoms with E-state index in [4.69, 9.17) is 0 Å². The van der Waals surface area contributed by atoms with Gasteiger partial charge in [-0.3, -0.25) is 18.9 Å². The number of sulfone groups is 1. The van der Waals surface area contributed by atoms with Crippen molar-refractivity contribution in [3.8, 4) is 0 Å². The van der Waals surface area contributed by atoms with Crippen LogP contribution in [-0.4, -0.2) is 52.7 Å². The Morgan fingerprint density at radius 3 is 2.65 bits per heavy atom. The number of aromatic nitrogens is 2. The fourth-order valence-electron chi connectivity index (χ4n) is 2.75. The highest BCUT2D eigenvalue weighted by Gasteiger charge is 2.38. The van der Waals surface area contributed by atoms with Gasteiger partial charge in [0.25, 0.3) is 11.5 Å². The number of carbonyl (C=O) groups excluding carboxylic acids is 2. The van der Waals surface area contributed by atoms with Crippen LogP contribution in [0.25, 0.3) is 5.65 Å². The maximum absolute atomic E-state index is 12.4. The lowest BCUT2D eigenvalue weighted by Gasteiger charge is -2.13. The molecule has 1 N–H and O–H groups in total. The Morgan fingerprint density at radius 1 is 1.23 bits per heavy atom. The number of urea groups is 1. The molecule has 9 nitrogen and oxygen atoms in total. The van der Waals surface area contributed by atoms with E-state index in [1.807, 2.05) is 6.92 Å². The molecule has 0 bridgehead atoms. The van der Waals surface area contributed by atoms with Crippen LogP contribution in [0.15, 0.2) is 29.2 Å². The van der Waals surface area contributed by atoms with Gasteiger partial charge >= 0.3 is 6.03 Å². The van der Waals surface area contributed by atoms with Gasteiger partial charge in [-0.2, -0.15) is 0 Å². The molecule has 0 aliphatic carbocycles. The van der Waals surface area contributed by atoms with Gasteiger partial charge in [0, 0.05) is 18.5 Å². The predicted octanol–water partition coefficient (Wildman–Crippen LogP) is -0.142. The summed E-state index contributed by atoms with van der Waals surface area (Å²) in [6, 6.07) is 3.26. The highest BCUT2D eigenvalue weighted by molar-refractivity contribution is 7.90. The van der Waals surface area contributed by atoms with Gasteiger partial charge < -0.3 is 5.32 Å². The molecule has 3 heterocycles. The number of amides is 3. The summed E-state index contributed by atoms with van der Waals surface area (Å²) < 4.78 is 23.9. The van der Waals surface area contributed by atoms with Crippen LogP contribution in [0.4, 0.5) is 4.79 Å². The summed E-state index contributed by atoms with van der Waals surface area (Å²) in [6.45, 7) is 1.71. The first-order valence-corrected chi connectivity index (χ1v) is 9.99. The van der Waals surface area contributed by atoms with E-state index in [0.717, 1.165) is 16.7 Å². The first-order chi connectivity index (χ1) is 12.1. The molecule has 26 heavy (non-hydrogen) atoms. The zero-order valence-electron chi connectivity index (χ0n) is 14.3. The SMILES string of the molecule is Cc1ccn2c(=O)cc(CN3C(=O)N[C@@H](CCS(C)(=O)=O)C3=O)nc2c1. The fourth-order valence-corrected chi connectivity index (χ4v) is 3.41. The molecule has 1 aliphatic heterocycles. The molecule has 2 aromatic heterocycles. The number of nitrogens with zero attached hydrogens (tertiary/aromatic N) is 3. The third-order valence-corrected chi connectivity index (χ3v) is 5.06. The number of fused-ring (bicyclic) bond motifs is 1. The zero-order chi connectivity index (χ0) is 19.1. The van der Waals surface area contributed by atoms with Gasteiger partial charge in [-0.25, -0.2) is 18.2 Å². The Kier molecular flexibility index (Phi) is 4.53. The van der Waals surface area contributed by atoms with E-state index >= 15 is 0 Å². The molecule has 0 spiro atoms. The summed E-state index contributed by atoms with van der Waals surface area (Å²) >= 11 is 0. The van der Waals surface area contributed by atoms with E-state index in [-0.39, 0.29) is 30.0 Å². The summed E-state index contributed by atoms with van der Waals surface area (Å²) in [7, 11) is -3.24. The summed E-state index contributed by atoms with van der Waals surface area (Å²) in [6.07, 6.45) is 2.69. The van der Waals surface area contributed by atoms with Gasteiger partial charge in [0.1, 0.15) is 21.5 Å². The number of imide groups is 1. The summed E-state index contributed by atoms with van der Waals surface area (Å²) in [4.78, 5) is 41.9. The lowest BCUT2D eigenvalue weighted by atomic mass is 10.2. The minimum absolute atomic E-state index is 0.00685. The predicted molar refractivity (Wildman–Crippen MR) is 93.4 cm³/mol. The van der Waals surface area contributed by atoms with E-state index in [9.17, 15) is 22.8 Å². The molecule has 1 aliphatic rings. The second-order valence-electron chi connectivity index (χ2n) is 6.36.